The zero-order valence-electron chi connectivity index (χ0n) is 7.64. The fraction of sp³-hybridized carbons (Fsp3) is 0. The van der Waals surface area contributed by atoms with Crippen LogP contribution in [-0.4, -0.2) is 26.4 Å². The van der Waals surface area contributed by atoms with E-state index in [9.17, 15) is 4.79 Å². The summed E-state index contributed by atoms with van der Waals surface area (Å²) in [5.41, 5.74) is 5.25. The SMILES string of the molecule is NNC(=O)NN.c1cc2nnncc2[nH]1. The van der Waals surface area contributed by atoms with Gasteiger partial charge in [0.2, 0.25) is 0 Å². The molecule has 0 bridgehead atoms. The maximum atomic E-state index is 9.71. The van der Waals surface area contributed by atoms with Crippen LogP contribution in [0.25, 0.3) is 11.0 Å². The quantitative estimate of drug-likeness (QED) is 0.200. The van der Waals surface area contributed by atoms with E-state index >= 15 is 0 Å². The number of hydrogen-bond acceptors (Lipinski definition) is 6. The smallest absolute Gasteiger partial charge is 0.343 e. The third kappa shape index (κ3) is 3.17. The van der Waals surface area contributed by atoms with Crippen LogP contribution in [-0.2, 0) is 0 Å². The Morgan fingerprint density at radius 1 is 1.40 bits per heavy atom. The molecule has 0 fully saturated rings. The molecule has 0 aliphatic rings. The molecule has 0 aliphatic carbocycles. The molecule has 2 aromatic heterocycles. The Morgan fingerprint density at radius 2 is 2.13 bits per heavy atom. The van der Waals surface area contributed by atoms with E-state index in [1.807, 2.05) is 6.07 Å². The first-order valence-corrected chi connectivity index (χ1v) is 3.86. The Morgan fingerprint density at radius 3 is 2.67 bits per heavy atom. The number of carbonyl (C=O) groups is 1. The fourth-order valence-electron chi connectivity index (χ4n) is 0.764. The summed E-state index contributed by atoms with van der Waals surface area (Å²) in [4.78, 5) is 12.7. The van der Waals surface area contributed by atoms with Gasteiger partial charge < -0.3 is 4.98 Å². The molecule has 2 heterocycles. The van der Waals surface area contributed by atoms with Crippen molar-refractivity contribution in [1.29, 1.82) is 0 Å². The number of urea groups is 1. The summed E-state index contributed by atoms with van der Waals surface area (Å²) < 4.78 is 0. The van der Waals surface area contributed by atoms with Crippen LogP contribution in [0.15, 0.2) is 18.5 Å². The highest BCUT2D eigenvalue weighted by Crippen LogP contribution is 2.02. The van der Waals surface area contributed by atoms with Crippen molar-refractivity contribution in [2.75, 3.05) is 0 Å². The molecular weight excluding hydrogens is 200 g/mol. The summed E-state index contributed by atoms with van der Waals surface area (Å²) in [5.74, 6) is 9.08. The summed E-state index contributed by atoms with van der Waals surface area (Å²) in [6, 6.07) is 1.25. The average molecular weight is 210 g/mol. The number of carbonyl (C=O) groups excluding carboxylic acids is 1. The van der Waals surface area contributed by atoms with Crippen molar-refractivity contribution in [2.45, 2.75) is 0 Å². The highest BCUT2D eigenvalue weighted by molar-refractivity contribution is 5.72. The number of rotatable bonds is 0. The van der Waals surface area contributed by atoms with Gasteiger partial charge in [0.05, 0.1) is 11.7 Å². The second-order valence-electron chi connectivity index (χ2n) is 2.33. The van der Waals surface area contributed by atoms with Gasteiger partial charge >= 0.3 is 6.03 Å². The van der Waals surface area contributed by atoms with Crippen molar-refractivity contribution in [2.24, 2.45) is 11.7 Å². The summed E-state index contributed by atoms with van der Waals surface area (Å²) in [6.45, 7) is 0. The molecule has 9 nitrogen and oxygen atoms in total. The van der Waals surface area contributed by atoms with Gasteiger partial charge in [-0.05, 0) is 11.3 Å². The largest absolute Gasteiger partial charge is 0.358 e. The maximum absolute atomic E-state index is 9.71. The molecule has 2 amide bonds. The van der Waals surface area contributed by atoms with E-state index in [1.54, 1.807) is 23.2 Å². The molecule has 0 saturated carbocycles. The summed E-state index contributed by atoms with van der Waals surface area (Å²) in [6.07, 6.45) is 3.45. The van der Waals surface area contributed by atoms with E-state index in [4.69, 9.17) is 0 Å². The highest BCUT2D eigenvalue weighted by atomic mass is 16.2. The van der Waals surface area contributed by atoms with Gasteiger partial charge in [-0.2, -0.15) is 0 Å². The first-order chi connectivity index (χ1) is 7.27. The number of nitrogens with two attached hydrogens (primary N) is 2. The molecule has 0 saturated heterocycles. The lowest BCUT2D eigenvalue weighted by Crippen LogP contribution is -2.43. The zero-order valence-corrected chi connectivity index (χ0v) is 7.64. The maximum Gasteiger partial charge on any atom is 0.343 e. The van der Waals surface area contributed by atoms with E-state index in [0.717, 1.165) is 11.0 Å². The number of nitrogens with zero attached hydrogens (tertiary/aromatic N) is 3. The zero-order chi connectivity index (χ0) is 11.1. The van der Waals surface area contributed by atoms with Crippen LogP contribution in [0.1, 0.15) is 0 Å². The number of fused-ring (bicyclic) bond motifs is 1. The van der Waals surface area contributed by atoms with Gasteiger partial charge in [-0.1, -0.05) is 0 Å². The van der Waals surface area contributed by atoms with Crippen molar-refractivity contribution >= 4 is 17.1 Å². The second-order valence-corrected chi connectivity index (χ2v) is 2.33. The fourth-order valence-corrected chi connectivity index (χ4v) is 0.764. The molecule has 80 valence electrons. The molecule has 7 N–H and O–H groups in total. The lowest BCUT2D eigenvalue weighted by atomic mass is 10.5. The second kappa shape index (κ2) is 5.47. The number of hydrazine groups is 2. The molecule has 0 atom stereocenters. The van der Waals surface area contributed by atoms with Gasteiger partial charge in [-0.3, -0.25) is 10.9 Å². The molecule has 0 unspecified atom stereocenters. The molecular formula is C6H10N8O. The number of amides is 2. The van der Waals surface area contributed by atoms with Crippen molar-refractivity contribution < 1.29 is 4.79 Å². The molecule has 2 aromatic rings. The van der Waals surface area contributed by atoms with E-state index in [-0.39, 0.29) is 0 Å². The first kappa shape index (κ1) is 10.8. The average Bonchev–Trinajstić information content (AvgIpc) is 2.76. The molecule has 0 radical (unpaired) electrons. The van der Waals surface area contributed by atoms with Crippen LogP contribution >= 0.6 is 0 Å². The Kier molecular flexibility index (Phi) is 3.94. The van der Waals surface area contributed by atoms with Crippen molar-refractivity contribution in [3.63, 3.8) is 0 Å². The van der Waals surface area contributed by atoms with Crippen molar-refractivity contribution in [1.82, 2.24) is 31.2 Å². The van der Waals surface area contributed by atoms with Crippen LogP contribution in [0, 0.1) is 0 Å². The van der Waals surface area contributed by atoms with Gasteiger partial charge in [0.15, 0.2) is 0 Å². The lowest BCUT2D eigenvalue weighted by Gasteiger charge is -1.90. The third-order valence-corrected chi connectivity index (χ3v) is 1.41. The monoisotopic (exact) mass is 210 g/mol. The van der Waals surface area contributed by atoms with Gasteiger partial charge in [0.1, 0.15) is 5.52 Å². The Hall–Kier alpha value is -2.26. The van der Waals surface area contributed by atoms with Crippen LogP contribution in [0.3, 0.4) is 0 Å². The van der Waals surface area contributed by atoms with Gasteiger partial charge in [0.25, 0.3) is 0 Å². The molecule has 9 heteroatoms. The summed E-state index contributed by atoms with van der Waals surface area (Å²) in [5, 5.41) is 10.8. The van der Waals surface area contributed by atoms with Crippen LogP contribution < -0.4 is 22.5 Å². The highest BCUT2D eigenvalue weighted by Gasteiger charge is 1.90. The number of aromatic nitrogens is 4. The van der Waals surface area contributed by atoms with Crippen molar-refractivity contribution in [3.05, 3.63) is 18.5 Å². The van der Waals surface area contributed by atoms with Gasteiger partial charge in [-0.15, -0.1) is 10.2 Å². The number of hydrogen-bond donors (Lipinski definition) is 5. The molecule has 15 heavy (non-hydrogen) atoms. The standard InChI is InChI=1S/C5H4N4.CH6N4O/c1-2-6-5-3-7-9-8-4(1)5;2-4-1(6)5-3/h1-3,6H;2-3H2,(H2,4,5,6). The van der Waals surface area contributed by atoms with E-state index < -0.39 is 6.03 Å². The number of nitrogens with one attached hydrogen (secondary N) is 3. The van der Waals surface area contributed by atoms with Gasteiger partial charge in [0, 0.05) is 6.20 Å². The predicted molar refractivity (Wildman–Crippen MR) is 51.7 cm³/mol. The molecule has 0 aromatic carbocycles. The topological polar surface area (TPSA) is 148 Å². The molecule has 0 aliphatic heterocycles. The van der Waals surface area contributed by atoms with Crippen LogP contribution in [0.5, 0.6) is 0 Å². The summed E-state index contributed by atoms with van der Waals surface area (Å²) >= 11 is 0. The number of H-pyrrole nitrogens is 1. The molecule has 2 rings (SSSR count). The normalized spacial score (nSPS) is 8.93. The summed E-state index contributed by atoms with van der Waals surface area (Å²) in [7, 11) is 0. The van der Waals surface area contributed by atoms with Crippen molar-refractivity contribution in [3.8, 4) is 0 Å². The minimum absolute atomic E-state index is 0.602. The van der Waals surface area contributed by atoms with Gasteiger partial charge in [-0.25, -0.2) is 16.5 Å². The van der Waals surface area contributed by atoms with E-state index in [2.05, 4.69) is 32.1 Å². The third-order valence-electron chi connectivity index (χ3n) is 1.41. The van der Waals surface area contributed by atoms with E-state index in [0.29, 0.717) is 0 Å². The lowest BCUT2D eigenvalue weighted by molar-refractivity contribution is 0.241. The Bertz CT molecular complexity index is 389. The first-order valence-electron chi connectivity index (χ1n) is 3.86. The minimum atomic E-state index is -0.602. The predicted octanol–water partition coefficient (Wildman–Crippen LogP) is -1.61. The van der Waals surface area contributed by atoms with Crippen LogP contribution in [0.4, 0.5) is 4.79 Å². The number of aromatic amines is 1. The minimum Gasteiger partial charge on any atom is -0.358 e. The Balaban J connectivity index is 0.000000167. The van der Waals surface area contributed by atoms with E-state index in [1.165, 1.54) is 0 Å². The van der Waals surface area contributed by atoms with Crippen LogP contribution in [0.2, 0.25) is 0 Å². The Labute approximate surface area is 84.2 Å². The molecule has 0 spiro atoms.